The van der Waals surface area contributed by atoms with Gasteiger partial charge in [0, 0.05) is 17.0 Å². The molecular formula is C32H27F3N4O4S. The van der Waals surface area contributed by atoms with E-state index >= 15 is 0 Å². The summed E-state index contributed by atoms with van der Waals surface area (Å²) in [5.41, 5.74) is 0.883. The van der Waals surface area contributed by atoms with E-state index in [2.05, 4.69) is 22.0 Å². The third-order valence-electron chi connectivity index (χ3n) is 6.53. The first kappa shape index (κ1) is 31.9. The lowest BCUT2D eigenvalue weighted by Crippen LogP contribution is -2.31. The number of alkyl halides is 3. The number of dihydropyridines is 1. The fraction of sp³-hybridized carbons (Fsp3) is 0.188. The number of carbonyl (C=O) groups is 3. The minimum atomic E-state index is -4.65. The van der Waals surface area contributed by atoms with E-state index in [4.69, 9.17) is 4.74 Å². The molecule has 0 spiro atoms. The summed E-state index contributed by atoms with van der Waals surface area (Å²) in [5.74, 6) is -2.80. The molecule has 0 unspecified atom stereocenters. The standard InChI is InChI=1S/C32H27F3N4O4S/c1-3-43-31(42)21-13-15-22(16-14-21)38-29(41)27-19(2)37-30(23(17-36)28(27)20-9-5-4-6-10-20)44-18-26(40)39-25-12-8-7-11-24(25)32(33,34)35/h4-16,28,37H,3,18H2,1-2H3,(H,38,41)(H,39,40)/t28-/m1/s1. The lowest BCUT2D eigenvalue weighted by molar-refractivity contribution is -0.137. The largest absolute Gasteiger partial charge is 0.462 e. The van der Waals surface area contributed by atoms with Gasteiger partial charge in [0.25, 0.3) is 5.91 Å². The molecule has 3 aromatic rings. The van der Waals surface area contributed by atoms with Gasteiger partial charge < -0.3 is 20.7 Å². The van der Waals surface area contributed by atoms with E-state index < -0.39 is 35.4 Å². The summed E-state index contributed by atoms with van der Waals surface area (Å²) < 4.78 is 45.1. The van der Waals surface area contributed by atoms with Crippen LogP contribution in [0.25, 0.3) is 0 Å². The van der Waals surface area contributed by atoms with Gasteiger partial charge in [-0.25, -0.2) is 4.79 Å². The van der Waals surface area contributed by atoms with Crippen LogP contribution in [0.1, 0.15) is 41.3 Å². The zero-order valence-corrected chi connectivity index (χ0v) is 24.4. The summed E-state index contributed by atoms with van der Waals surface area (Å²) in [6, 6.07) is 21.8. The van der Waals surface area contributed by atoms with Crippen LogP contribution in [0.2, 0.25) is 0 Å². The second-order valence-electron chi connectivity index (χ2n) is 9.49. The van der Waals surface area contributed by atoms with E-state index in [-0.39, 0.29) is 29.2 Å². The Hall–Kier alpha value is -5.02. The van der Waals surface area contributed by atoms with Crippen LogP contribution < -0.4 is 16.0 Å². The van der Waals surface area contributed by atoms with Crippen molar-refractivity contribution < 1.29 is 32.3 Å². The Labute approximate surface area is 256 Å². The van der Waals surface area contributed by atoms with Crippen molar-refractivity contribution in [1.82, 2.24) is 5.32 Å². The van der Waals surface area contributed by atoms with E-state index in [1.165, 1.54) is 24.3 Å². The highest BCUT2D eigenvalue weighted by Gasteiger charge is 2.36. The Morgan fingerprint density at radius 1 is 0.977 bits per heavy atom. The molecule has 4 rings (SSSR count). The number of ether oxygens (including phenoxy) is 1. The molecule has 0 aromatic heterocycles. The highest BCUT2D eigenvalue weighted by atomic mass is 32.2. The molecule has 0 radical (unpaired) electrons. The van der Waals surface area contributed by atoms with Crippen LogP contribution in [-0.2, 0) is 20.5 Å². The number of amides is 2. The minimum Gasteiger partial charge on any atom is -0.462 e. The molecule has 1 aliphatic heterocycles. The molecule has 1 atom stereocenters. The SMILES string of the molecule is CCOC(=O)c1ccc(NC(=O)C2=C(C)NC(SCC(=O)Nc3ccccc3C(F)(F)F)=C(C#N)[C@H]2c2ccccc2)cc1. The van der Waals surface area contributed by atoms with Gasteiger partial charge in [0.1, 0.15) is 0 Å². The number of nitrogens with one attached hydrogen (secondary N) is 3. The number of carbonyl (C=O) groups excluding carboxylic acids is 3. The maximum absolute atomic E-state index is 13.6. The molecule has 1 aliphatic rings. The van der Waals surface area contributed by atoms with Crippen LogP contribution in [-0.4, -0.2) is 30.1 Å². The molecule has 3 aromatic carbocycles. The number of benzene rings is 3. The molecule has 44 heavy (non-hydrogen) atoms. The molecule has 2 amide bonds. The van der Waals surface area contributed by atoms with E-state index in [0.717, 1.165) is 23.9 Å². The monoisotopic (exact) mass is 620 g/mol. The second kappa shape index (κ2) is 14.0. The van der Waals surface area contributed by atoms with E-state index in [9.17, 15) is 32.8 Å². The minimum absolute atomic E-state index is 0.165. The fourth-order valence-electron chi connectivity index (χ4n) is 4.57. The Kier molecular flexibility index (Phi) is 10.1. The van der Waals surface area contributed by atoms with Gasteiger partial charge in [-0.05, 0) is 55.8 Å². The predicted octanol–water partition coefficient (Wildman–Crippen LogP) is 6.59. The summed E-state index contributed by atoms with van der Waals surface area (Å²) in [6.07, 6.45) is -4.65. The average Bonchev–Trinajstić information content (AvgIpc) is 3.00. The Balaban J connectivity index is 1.58. The first-order valence-electron chi connectivity index (χ1n) is 13.4. The molecule has 0 saturated heterocycles. The van der Waals surface area contributed by atoms with Crippen LogP contribution in [0.15, 0.2) is 101 Å². The number of esters is 1. The number of hydrogen-bond acceptors (Lipinski definition) is 7. The number of hydrogen-bond donors (Lipinski definition) is 3. The third kappa shape index (κ3) is 7.48. The number of nitrogens with zero attached hydrogens (tertiary/aromatic N) is 1. The van der Waals surface area contributed by atoms with Crippen LogP contribution in [0.5, 0.6) is 0 Å². The van der Waals surface area contributed by atoms with Crippen LogP contribution in [0.3, 0.4) is 0 Å². The molecule has 3 N–H and O–H groups in total. The third-order valence-corrected chi connectivity index (χ3v) is 7.55. The van der Waals surface area contributed by atoms with Gasteiger partial charge in [-0.15, -0.1) is 0 Å². The normalized spacial score (nSPS) is 14.8. The van der Waals surface area contributed by atoms with Crippen LogP contribution in [0.4, 0.5) is 24.5 Å². The van der Waals surface area contributed by atoms with Crippen molar-refractivity contribution in [2.24, 2.45) is 0 Å². The Bertz CT molecular complexity index is 1660. The molecule has 0 fully saturated rings. The Morgan fingerprint density at radius 2 is 1.64 bits per heavy atom. The number of anilines is 2. The molecule has 12 heteroatoms. The average molecular weight is 621 g/mol. The molecule has 8 nitrogen and oxygen atoms in total. The van der Waals surface area contributed by atoms with Gasteiger partial charge in [-0.2, -0.15) is 18.4 Å². The summed E-state index contributed by atoms with van der Waals surface area (Å²) >= 11 is 0.942. The molecule has 0 saturated carbocycles. The summed E-state index contributed by atoms with van der Waals surface area (Å²) in [6.45, 7) is 3.58. The van der Waals surface area contributed by atoms with Crippen LogP contribution >= 0.6 is 11.8 Å². The number of rotatable bonds is 9. The maximum atomic E-state index is 13.6. The maximum Gasteiger partial charge on any atom is 0.418 e. The zero-order valence-electron chi connectivity index (χ0n) is 23.6. The van der Waals surface area contributed by atoms with E-state index in [0.29, 0.717) is 27.5 Å². The van der Waals surface area contributed by atoms with Crippen molar-refractivity contribution in [3.8, 4) is 6.07 Å². The highest BCUT2D eigenvalue weighted by molar-refractivity contribution is 8.03. The molecule has 1 heterocycles. The summed E-state index contributed by atoms with van der Waals surface area (Å²) in [5, 5.41) is 18.7. The van der Waals surface area contributed by atoms with Crippen molar-refractivity contribution in [1.29, 1.82) is 5.26 Å². The van der Waals surface area contributed by atoms with Crippen molar-refractivity contribution in [2.75, 3.05) is 23.0 Å². The molecular weight excluding hydrogens is 593 g/mol. The number of allylic oxidation sites excluding steroid dienone is 2. The smallest absolute Gasteiger partial charge is 0.418 e. The van der Waals surface area contributed by atoms with Crippen LogP contribution in [0, 0.1) is 11.3 Å². The van der Waals surface area contributed by atoms with Crippen molar-refractivity contribution >= 4 is 40.9 Å². The van der Waals surface area contributed by atoms with E-state index in [1.54, 1.807) is 56.3 Å². The first-order chi connectivity index (χ1) is 21.0. The lowest BCUT2D eigenvalue weighted by Gasteiger charge is -2.30. The summed E-state index contributed by atoms with van der Waals surface area (Å²) in [4.78, 5) is 38.3. The van der Waals surface area contributed by atoms with Gasteiger partial charge in [0.2, 0.25) is 5.91 Å². The fourth-order valence-corrected chi connectivity index (χ4v) is 5.46. The molecule has 226 valence electrons. The van der Waals surface area contributed by atoms with Gasteiger partial charge in [-0.3, -0.25) is 9.59 Å². The first-order valence-corrected chi connectivity index (χ1v) is 14.4. The van der Waals surface area contributed by atoms with Gasteiger partial charge in [0.15, 0.2) is 0 Å². The van der Waals surface area contributed by atoms with E-state index in [1.807, 2.05) is 0 Å². The van der Waals surface area contributed by atoms with Gasteiger partial charge >= 0.3 is 12.1 Å². The highest BCUT2D eigenvalue weighted by Crippen LogP contribution is 2.41. The second-order valence-corrected chi connectivity index (χ2v) is 10.5. The summed E-state index contributed by atoms with van der Waals surface area (Å²) in [7, 11) is 0. The quantitative estimate of drug-likeness (QED) is 0.231. The van der Waals surface area contributed by atoms with Crippen molar-refractivity contribution in [3.63, 3.8) is 0 Å². The number of para-hydroxylation sites is 1. The predicted molar refractivity (Wildman–Crippen MR) is 161 cm³/mol. The lowest BCUT2D eigenvalue weighted by atomic mass is 9.82. The van der Waals surface area contributed by atoms with Crippen molar-refractivity contribution in [2.45, 2.75) is 25.9 Å². The zero-order chi connectivity index (χ0) is 31.9. The number of thioether (sulfide) groups is 1. The van der Waals surface area contributed by atoms with Crippen molar-refractivity contribution in [3.05, 3.63) is 117 Å². The molecule has 0 bridgehead atoms. The van der Waals surface area contributed by atoms with Gasteiger partial charge in [0.05, 0.1) is 51.8 Å². The molecule has 0 aliphatic carbocycles. The topological polar surface area (TPSA) is 120 Å². The van der Waals surface area contributed by atoms with Gasteiger partial charge in [-0.1, -0.05) is 54.2 Å². The number of nitriles is 1. The Morgan fingerprint density at radius 3 is 2.27 bits per heavy atom. The number of halogens is 3.